The summed E-state index contributed by atoms with van der Waals surface area (Å²) in [5, 5.41) is 0. The first-order valence-corrected chi connectivity index (χ1v) is 7.60. The van der Waals surface area contributed by atoms with Crippen LogP contribution in [-0.2, 0) is 0 Å². The Hall–Kier alpha value is -2.52. The molecule has 0 fully saturated rings. The third kappa shape index (κ3) is 2.43. The molecule has 0 unspecified atom stereocenters. The zero-order valence-electron chi connectivity index (χ0n) is 11.2. The van der Waals surface area contributed by atoms with Gasteiger partial charge >= 0.3 is 0 Å². The summed E-state index contributed by atoms with van der Waals surface area (Å²) in [6, 6.07) is 20.4. The summed E-state index contributed by atoms with van der Waals surface area (Å²) in [7, 11) is 0. The molecule has 100 valence electrons. The van der Waals surface area contributed by atoms with Gasteiger partial charge in [-0.15, -0.1) is 11.3 Å². The van der Waals surface area contributed by atoms with Crippen molar-refractivity contribution in [1.29, 1.82) is 0 Å². The Kier molecular flexibility index (Phi) is 2.98. The maximum Gasteiger partial charge on any atom is 0.143 e. The number of hydrogen-bond donors (Lipinski definition) is 0. The second-order valence-electron chi connectivity index (χ2n) is 4.80. The summed E-state index contributed by atoms with van der Waals surface area (Å²) in [6.45, 7) is 0. The van der Waals surface area contributed by atoms with Gasteiger partial charge in [-0.25, -0.2) is 9.97 Å². The summed E-state index contributed by atoms with van der Waals surface area (Å²) >= 11 is 1.67. The van der Waals surface area contributed by atoms with E-state index in [2.05, 4.69) is 40.3 Å². The van der Waals surface area contributed by atoms with Crippen molar-refractivity contribution in [3.05, 3.63) is 71.1 Å². The van der Waals surface area contributed by atoms with E-state index in [1.54, 1.807) is 11.3 Å². The fourth-order valence-corrected chi connectivity index (χ4v) is 3.15. The van der Waals surface area contributed by atoms with Crippen LogP contribution in [0.2, 0.25) is 0 Å². The van der Waals surface area contributed by atoms with Crippen LogP contribution in [-0.4, -0.2) is 9.97 Å². The number of fused-ring (bicyclic) bond motifs is 2. The number of thiophene rings is 1. The van der Waals surface area contributed by atoms with Gasteiger partial charge in [0.2, 0.25) is 0 Å². The maximum absolute atomic E-state index is 4.68. The first kappa shape index (κ1) is 12.2. The lowest BCUT2D eigenvalue weighted by atomic mass is 10.2. The van der Waals surface area contributed by atoms with Crippen LogP contribution in [0.4, 0.5) is 0 Å². The van der Waals surface area contributed by atoms with Crippen molar-refractivity contribution in [2.45, 2.75) is 0 Å². The molecule has 0 saturated heterocycles. The van der Waals surface area contributed by atoms with Gasteiger partial charge in [0, 0.05) is 4.88 Å². The fraction of sp³-hybridized carbons (Fsp3) is 0. The van der Waals surface area contributed by atoms with Gasteiger partial charge in [-0.1, -0.05) is 48.5 Å². The molecule has 2 aromatic heterocycles. The van der Waals surface area contributed by atoms with Gasteiger partial charge in [-0.3, -0.25) is 0 Å². The van der Waals surface area contributed by atoms with E-state index < -0.39 is 0 Å². The number of aromatic nitrogens is 2. The summed E-state index contributed by atoms with van der Waals surface area (Å²) in [6.07, 6.45) is 4.23. The molecule has 0 N–H and O–H groups in total. The van der Waals surface area contributed by atoms with Crippen molar-refractivity contribution in [2.24, 2.45) is 0 Å². The number of benzene rings is 2. The summed E-state index contributed by atoms with van der Waals surface area (Å²) in [4.78, 5) is 11.5. The van der Waals surface area contributed by atoms with Gasteiger partial charge < -0.3 is 0 Å². The molecular formula is C18H12N2S. The Morgan fingerprint density at radius 3 is 2.24 bits per heavy atom. The molecule has 0 spiro atoms. The van der Waals surface area contributed by atoms with E-state index in [0.29, 0.717) is 0 Å². The molecule has 0 bridgehead atoms. The molecule has 0 amide bonds. The van der Waals surface area contributed by atoms with Crippen molar-refractivity contribution >= 4 is 44.9 Å². The zero-order chi connectivity index (χ0) is 14.1. The molecule has 4 aromatic rings. The Morgan fingerprint density at radius 2 is 1.43 bits per heavy atom. The van der Waals surface area contributed by atoms with Gasteiger partial charge in [0.15, 0.2) is 0 Å². The SMILES string of the molecule is C(=C\c1cc2nc3ccccc3nc2s1)/c1ccccc1. The second kappa shape index (κ2) is 5.11. The normalized spacial score (nSPS) is 11.6. The summed E-state index contributed by atoms with van der Waals surface area (Å²) < 4.78 is 0. The molecule has 0 aliphatic rings. The van der Waals surface area contributed by atoms with Crippen molar-refractivity contribution in [2.75, 3.05) is 0 Å². The van der Waals surface area contributed by atoms with Gasteiger partial charge in [-0.2, -0.15) is 0 Å². The molecule has 21 heavy (non-hydrogen) atoms. The molecule has 0 saturated carbocycles. The van der Waals surface area contributed by atoms with Gasteiger partial charge in [0.25, 0.3) is 0 Å². The monoisotopic (exact) mass is 288 g/mol. The lowest BCUT2D eigenvalue weighted by Crippen LogP contribution is -1.81. The van der Waals surface area contributed by atoms with Crippen molar-refractivity contribution in [3.63, 3.8) is 0 Å². The third-order valence-electron chi connectivity index (χ3n) is 3.30. The molecule has 2 heterocycles. The first-order chi connectivity index (χ1) is 10.4. The molecule has 0 aliphatic carbocycles. The smallest absolute Gasteiger partial charge is 0.143 e. The standard InChI is InChI=1S/C18H12N2S/c1-2-6-13(7-3-1)10-11-14-12-17-18(21-14)20-16-9-5-4-8-15(16)19-17/h1-12H/b11-10+. The fourth-order valence-electron chi connectivity index (χ4n) is 2.27. The summed E-state index contributed by atoms with van der Waals surface area (Å²) in [5.41, 5.74) is 4.05. The van der Waals surface area contributed by atoms with Crippen LogP contribution in [0, 0.1) is 0 Å². The first-order valence-electron chi connectivity index (χ1n) is 6.78. The van der Waals surface area contributed by atoms with Crippen LogP contribution < -0.4 is 0 Å². The topological polar surface area (TPSA) is 25.8 Å². The average molecular weight is 288 g/mol. The molecule has 2 aromatic carbocycles. The molecule has 3 heteroatoms. The average Bonchev–Trinajstić information content (AvgIpc) is 2.93. The number of hydrogen-bond acceptors (Lipinski definition) is 3. The van der Waals surface area contributed by atoms with Crippen LogP contribution in [0.1, 0.15) is 10.4 Å². The molecule has 0 atom stereocenters. The predicted octanol–water partition coefficient (Wildman–Crippen LogP) is 5.01. The molecule has 4 rings (SSSR count). The molecule has 2 nitrogen and oxygen atoms in total. The van der Waals surface area contributed by atoms with Gasteiger partial charge in [-0.05, 0) is 29.8 Å². The third-order valence-corrected chi connectivity index (χ3v) is 4.28. The van der Waals surface area contributed by atoms with Crippen molar-refractivity contribution < 1.29 is 0 Å². The van der Waals surface area contributed by atoms with E-state index in [0.717, 1.165) is 21.4 Å². The van der Waals surface area contributed by atoms with Crippen LogP contribution in [0.15, 0.2) is 60.7 Å². The number of para-hydroxylation sites is 2. The van der Waals surface area contributed by atoms with E-state index in [4.69, 9.17) is 0 Å². The van der Waals surface area contributed by atoms with Crippen molar-refractivity contribution in [1.82, 2.24) is 9.97 Å². The maximum atomic E-state index is 4.68. The van der Waals surface area contributed by atoms with E-state index in [1.807, 2.05) is 42.5 Å². The minimum absolute atomic E-state index is 0.946. The van der Waals surface area contributed by atoms with Crippen molar-refractivity contribution in [3.8, 4) is 0 Å². The van der Waals surface area contributed by atoms with E-state index in [1.165, 1.54) is 10.4 Å². The minimum Gasteiger partial charge on any atom is -0.244 e. The Balaban J connectivity index is 1.76. The number of rotatable bonds is 2. The highest BCUT2D eigenvalue weighted by Gasteiger charge is 2.04. The van der Waals surface area contributed by atoms with E-state index in [-0.39, 0.29) is 0 Å². The number of nitrogens with zero attached hydrogens (tertiary/aromatic N) is 2. The van der Waals surface area contributed by atoms with E-state index >= 15 is 0 Å². The lowest BCUT2D eigenvalue weighted by molar-refractivity contribution is 1.42. The molecule has 0 aliphatic heterocycles. The largest absolute Gasteiger partial charge is 0.244 e. The zero-order valence-corrected chi connectivity index (χ0v) is 12.0. The highest BCUT2D eigenvalue weighted by molar-refractivity contribution is 7.19. The van der Waals surface area contributed by atoms with Crippen LogP contribution >= 0.6 is 11.3 Å². The van der Waals surface area contributed by atoms with Gasteiger partial charge in [0.05, 0.1) is 11.0 Å². The quantitative estimate of drug-likeness (QED) is 0.518. The molecule has 0 radical (unpaired) electrons. The lowest BCUT2D eigenvalue weighted by Gasteiger charge is -1.94. The highest BCUT2D eigenvalue weighted by atomic mass is 32.1. The van der Waals surface area contributed by atoms with Crippen LogP contribution in [0.5, 0.6) is 0 Å². The summed E-state index contributed by atoms with van der Waals surface area (Å²) in [5.74, 6) is 0. The molecular weight excluding hydrogens is 276 g/mol. The minimum atomic E-state index is 0.946. The van der Waals surface area contributed by atoms with E-state index in [9.17, 15) is 0 Å². The van der Waals surface area contributed by atoms with Crippen LogP contribution in [0.3, 0.4) is 0 Å². The highest BCUT2D eigenvalue weighted by Crippen LogP contribution is 2.26. The van der Waals surface area contributed by atoms with Crippen LogP contribution in [0.25, 0.3) is 33.5 Å². The Labute approximate surface area is 126 Å². The van der Waals surface area contributed by atoms with Gasteiger partial charge in [0.1, 0.15) is 10.3 Å². The Morgan fingerprint density at radius 1 is 0.714 bits per heavy atom. The second-order valence-corrected chi connectivity index (χ2v) is 5.86. The predicted molar refractivity (Wildman–Crippen MR) is 90.3 cm³/mol. The Bertz CT molecular complexity index is 887.